The molecule has 1 amide bonds. The number of hydrogen-bond donors (Lipinski definition) is 0. The van der Waals surface area contributed by atoms with E-state index < -0.39 is 5.82 Å². The highest BCUT2D eigenvalue weighted by Crippen LogP contribution is 2.39. The molecule has 34 heavy (non-hydrogen) atoms. The molecule has 0 radical (unpaired) electrons. The molecular weight excluding hydrogens is 489 g/mol. The lowest BCUT2D eigenvalue weighted by atomic mass is 10.1. The molecule has 0 bridgehead atoms. The number of nitrogens with zero attached hydrogens (tertiary/aromatic N) is 1. The first-order valence-corrected chi connectivity index (χ1v) is 12.0. The molecule has 0 N–H and O–H groups in total. The molecule has 3 nitrogen and oxygen atoms in total. The van der Waals surface area contributed by atoms with Crippen molar-refractivity contribution in [3.8, 4) is 5.75 Å². The maximum absolute atomic E-state index is 13.9. The van der Waals surface area contributed by atoms with Crippen molar-refractivity contribution >= 4 is 68.3 Å². The van der Waals surface area contributed by atoms with Crippen molar-refractivity contribution < 1.29 is 13.9 Å². The fourth-order valence-electron chi connectivity index (χ4n) is 3.72. The molecule has 1 aliphatic heterocycles. The minimum absolute atomic E-state index is 0.0224. The van der Waals surface area contributed by atoms with E-state index >= 15 is 0 Å². The van der Waals surface area contributed by atoms with E-state index in [9.17, 15) is 9.18 Å². The topological polar surface area (TPSA) is 29.5 Å². The lowest BCUT2D eigenvalue weighted by molar-refractivity contribution is -0.113. The molecule has 1 fully saturated rings. The average Bonchev–Trinajstić information content (AvgIpc) is 3.12. The van der Waals surface area contributed by atoms with Gasteiger partial charge in [-0.05, 0) is 47.4 Å². The van der Waals surface area contributed by atoms with E-state index in [-0.39, 0.29) is 12.5 Å². The van der Waals surface area contributed by atoms with Gasteiger partial charge in [0.05, 0.1) is 15.6 Å². The van der Waals surface area contributed by atoms with Crippen LogP contribution in [-0.4, -0.2) is 10.2 Å². The largest absolute Gasteiger partial charge is 0.489 e. The maximum Gasteiger partial charge on any atom is 0.270 e. The van der Waals surface area contributed by atoms with E-state index in [1.165, 1.54) is 17.8 Å². The Balaban J connectivity index is 1.34. The number of halogens is 2. The highest BCUT2D eigenvalue weighted by molar-refractivity contribution is 8.27. The Morgan fingerprint density at radius 3 is 2.50 bits per heavy atom. The Kier molecular flexibility index (Phi) is 6.37. The first-order valence-electron chi connectivity index (χ1n) is 10.4. The fraction of sp³-hybridized carbons (Fsp3) is 0.0370. The minimum Gasteiger partial charge on any atom is -0.489 e. The number of rotatable bonds is 5. The molecule has 0 saturated carbocycles. The van der Waals surface area contributed by atoms with Crippen molar-refractivity contribution in [3.05, 3.63) is 112 Å². The van der Waals surface area contributed by atoms with Crippen molar-refractivity contribution in [3.63, 3.8) is 0 Å². The maximum atomic E-state index is 13.9. The zero-order valence-corrected chi connectivity index (χ0v) is 20.1. The van der Waals surface area contributed by atoms with E-state index in [1.807, 2.05) is 60.7 Å². The predicted octanol–water partition coefficient (Wildman–Crippen LogP) is 7.62. The third kappa shape index (κ3) is 4.44. The number of hydrogen-bond acceptors (Lipinski definition) is 4. The van der Waals surface area contributed by atoms with Gasteiger partial charge in [-0.15, -0.1) is 0 Å². The molecule has 5 rings (SSSR count). The van der Waals surface area contributed by atoms with Gasteiger partial charge >= 0.3 is 0 Å². The van der Waals surface area contributed by atoms with E-state index in [0.717, 1.165) is 22.0 Å². The van der Waals surface area contributed by atoms with Gasteiger partial charge in [-0.25, -0.2) is 4.39 Å². The quantitative estimate of drug-likeness (QED) is 0.206. The van der Waals surface area contributed by atoms with Crippen LogP contribution in [0.15, 0.2) is 89.8 Å². The summed E-state index contributed by atoms with van der Waals surface area (Å²) in [7, 11) is 0. The number of fused-ring (bicyclic) bond motifs is 1. The third-order valence-electron chi connectivity index (χ3n) is 5.42. The Labute approximate surface area is 210 Å². The van der Waals surface area contributed by atoms with Crippen LogP contribution in [0.25, 0.3) is 16.8 Å². The van der Waals surface area contributed by atoms with Gasteiger partial charge in [0.15, 0.2) is 4.32 Å². The van der Waals surface area contributed by atoms with Crippen LogP contribution in [0.3, 0.4) is 0 Å². The average molecular weight is 506 g/mol. The second-order valence-electron chi connectivity index (χ2n) is 7.57. The normalized spacial score (nSPS) is 14.9. The number of carbonyl (C=O) groups is 1. The molecule has 4 aromatic carbocycles. The smallest absolute Gasteiger partial charge is 0.270 e. The molecular formula is C27H17ClFNO2S2. The van der Waals surface area contributed by atoms with Crippen molar-refractivity contribution in [2.24, 2.45) is 0 Å². The molecule has 0 spiro atoms. The van der Waals surface area contributed by atoms with Crippen LogP contribution in [0.5, 0.6) is 5.75 Å². The zero-order valence-electron chi connectivity index (χ0n) is 17.7. The highest BCUT2D eigenvalue weighted by Gasteiger charge is 2.34. The number of thioether (sulfide) groups is 1. The Morgan fingerprint density at radius 1 is 0.971 bits per heavy atom. The Hall–Kier alpha value is -3.19. The predicted molar refractivity (Wildman–Crippen MR) is 142 cm³/mol. The summed E-state index contributed by atoms with van der Waals surface area (Å²) in [6.07, 6.45) is 1.81. The van der Waals surface area contributed by atoms with Gasteiger partial charge in [0.1, 0.15) is 18.2 Å². The van der Waals surface area contributed by atoms with Crippen LogP contribution < -0.4 is 9.64 Å². The highest BCUT2D eigenvalue weighted by atomic mass is 35.5. The van der Waals surface area contributed by atoms with Gasteiger partial charge in [0.25, 0.3) is 5.91 Å². The van der Waals surface area contributed by atoms with E-state index in [4.69, 9.17) is 28.6 Å². The summed E-state index contributed by atoms with van der Waals surface area (Å²) >= 11 is 12.9. The van der Waals surface area contributed by atoms with Crippen molar-refractivity contribution in [2.75, 3.05) is 4.90 Å². The van der Waals surface area contributed by atoms with E-state index in [2.05, 4.69) is 0 Å². The molecule has 0 unspecified atom stereocenters. The summed E-state index contributed by atoms with van der Waals surface area (Å²) < 4.78 is 20.1. The van der Waals surface area contributed by atoms with Crippen molar-refractivity contribution in [2.45, 2.75) is 6.61 Å². The lowest BCUT2D eigenvalue weighted by Gasteiger charge is -2.17. The first kappa shape index (κ1) is 22.6. The summed E-state index contributed by atoms with van der Waals surface area (Å²) in [5.74, 6) is 0.0120. The molecule has 0 aliphatic carbocycles. The van der Waals surface area contributed by atoms with Gasteiger partial charge in [0, 0.05) is 10.9 Å². The third-order valence-corrected chi connectivity index (χ3v) is 7.08. The second kappa shape index (κ2) is 9.58. The number of thiocarbonyl (C=S) groups is 1. The standard InChI is InChI=1S/C27H17ClFNO2S2/c28-22-8-4-9-23(29)21(22)16-32-19-13-11-17(12-14-19)15-25-26(31)30(27(33)34-25)24-10-3-6-18-5-1-2-7-20(18)24/h1-15H,16H2/b25-15+. The number of amides is 1. The summed E-state index contributed by atoms with van der Waals surface area (Å²) in [6, 6.07) is 25.5. The van der Waals surface area contributed by atoms with Gasteiger partial charge in [-0.3, -0.25) is 9.69 Å². The minimum atomic E-state index is -0.405. The molecule has 0 atom stereocenters. The van der Waals surface area contributed by atoms with Crippen LogP contribution in [0, 0.1) is 5.82 Å². The van der Waals surface area contributed by atoms with E-state index in [0.29, 0.717) is 25.6 Å². The SMILES string of the molecule is O=C1/C(=C\c2ccc(OCc3c(F)cccc3Cl)cc2)SC(=S)N1c1cccc2ccccc12. The molecule has 168 valence electrons. The van der Waals surface area contributed by atoms with Gasteiger partial charge in [-0.2, -0.15) is 0 Å². The van der Waals surface area contributed by atoms with Crippen molar-refractivity contribution in [1.82, 2.24) is 0 Å². The molecule has 1 heterocycles. The van der Waals surface area contributed by atoms with Gasteiger partial charge in [0.2, 0.25) is 0 Å². The Morgan fingerprint density at radius 2 is 1.71 bits per heavy atom. The van der Waals surface area contributed by atoms with E-state index in [1.54, 1.807) is 29.2 Å². The number of ether oxygens (including phenoxy) is 1. The van der Waals surface area contributed by atoms with Crippen molar-refractivity contribution in [1.29, 1.82) is 0 Å². The first-order chi connectivity index (χ1) is 16.5. The molecule has 1 aliphatic rings. The monoisotopic (exact) mass is 505 g/mol. The van der Waals surface area contributed by atoms with Crippen LogP contribution in [-0.2, 0) is 11.4 Å². The van der Waals surface area contributed by atoms with Crippen LogP contribution in [0.2, 0.25) is 5.02 Å². The summed E-state index contributed by atoms with van der Waals surface area (Å²) in [5.41, 5.74) is 1.92. The van der Waals surface area contributed by atoms with Crippen LogP contribution in [0.4, 0.5) is 10.1 Å². The summed E-state index contributed by atoms with van der Waals surface area (Å²) in [6.45, 7) is 0.0224. The Bertz CT molecular complexity index is 1430. The van der Waals surface area contributed by atoms with Gasteiger partial charge in [-0.1, -0.05) is 90.2 Å². The number of carbonyl (C=O) groups excluding carboxylic acids is 1. The fourth-order valence-corrected chi connectivity index (χ4v) is 5.22. The number of benzene rings is 4. The van der Waals surface area contributed by atoms with Crippen LogP contribution >= 0.6 is 35.6 Å². The summed E-state index contributed by atoms with van der Waals surface area (Å²) in [5, 5.41) is 2.34. The summed E-state index contributed by atoms with van der Waals surface area (Å²) in [4.78, 5) is 15.4. The lowest BCUT2D eigenvalue weighted by Crippen LogP contribution is -2.27. The zero-order chi connectivity index (χ0) is 23.7. The molecule has 0 aromatic heterocycles. The molecule has 1 saturated heterocycles. The van der Waals surface area contributed by atoms with Gasteiger partial charge < -0.3 is 4.74 Å². The second-order valence-corrected chi connectivity index (χ2v) is 9.66. The number of anilines is 1. The molecule has 4 aromatic rings. The molecule has 7 heteroatoms. The van der Waals surface area contributed by atoms with Crippen LogP contribution in [0.1, 0.15) is 11.1 Å².